The number of methoxy groups -OCH3 is 2. The van der Waals surface area contributed by atoms with Crippen LogP contribution in [0, 0.1) is 0 Å². The second kappa shape index (κ2) is 10.3. The molecule has 0 spiro atoms. The SMILES string of the molecule is COC(C)C.COC(C)CCc1ccccc1. The first-order valence-corrected chi connectivity index (χ1v) is 6.19. The van der Waals surface area contributed by atoms with Gasteiger partial charge < -0.3 is 9.47 Å². The Bertz CT molecular complexity index is 257. The topological polar surface area (TPSA) is 18.5 Å². The Balaban J connectivity index is 0.000000437. The number of benzene rings is 1. The van der Waals surface area contributed by atoms with E-state index in [0.717, 1.165) is 12.8 Å². The molecule has 1 aromatic carbocycles. The Labute approximate surface area is 106 Å². The molecule has 0 bridgehead atoms. The highest BCUT2D eigenvalue weighted by Crippen LogP contribution is 2.05. The molecular formula is C15H26O2. The molecule has 98 valence electrons. The molecule has 0 radical (unpaired) electrons. The van der Waals surface area contributed by atoms with E-state index in [2.05, 4.69) is 31.2 Å². The number of hydrogen-bond acceptors (Lipinski definition) is 2. The first kappa shape index (κ1) is 16.1. The summed E-state index contributed by atoms with van der Waals surface area (Å²) in [7, 11) is 3.46. The zero-order chi connectivity index (χ0) is 13.1. The van der Waals surface area contributed by atoms with Crippen LogP contribution in [0.1, 0.15) is 32.8 Å². The monoisotopic (exact) mass is 238 g/mol. The van der Waals surface area contributed by atoms with Crippen molar-refractivity contribution in [1.29, 1.82) is 0 Å². The molecule has 0 aliphatic rings. The van der Waals surface area contributed by atoms with Gasteiger partial charge in [0.15, 0.2) is 0 Å². The number of rotatable bonds is 5. The zero-order valence-corrected chi connectivity index (χ0v) is 11.8. The van der Waals surface area contributed by atoms with Crippen LogP contribution in [0.4, 0.5) is 0 Å². The standard InChI is InChI=1S/C11H16O.C4H10O/c1-10(12-2)8-9-11-6-4-3-5-7-11;1-4(2)5-3/h3-7,10H,8-9H2,1-2H3;4H,1-3H3. The fourth-order valence-electron chi connectivity index (χ4n) is 1.13. The van der Waals surface area contributed by atoms with Gasteiger partial charge in [0.05, 0.1) is 12.2 Å². The summed E-state index contributed by atoms with van der Waals surface area (Å²) in [6.07, 6.45) is 2.95. The van der Waals surface area contributed by atoms with E-state index in [-0.39, 0.29) is 0 Å². The lowest BCUT2D eigenvalue weighted by Gasteiger charge is -2.08. The first-order chi connectivity index (χ1) is 8.10. The third-order valence-electron chi connectivity index (χ3n) is 2.56. The fraction of sp³-hybridized carbons (Fsp3) is 0.600. The Morgan fingerprint density at radius 2 is 1.47 bits per heavy atom. The van der Waals surface area contributed by atoms with E-state index < -0.39 is 0 Å². The summed E-state index contributed by atoms with van der Waals surface area (Å²) in [5.41, 5.74) is 1.39. The van der Waals surface area contributed by atoms with Gasteiger partial charge >= 0.3 is 0 Å². The van der Waals surface area contributed by atoms with Crippen LogP contribution in [0.3, 0.4) is 0 Å². The van der Waals surface area contributed by atoms with Crippen LogP contribution in [0.5, 0.6) is 0 Å². The van der Waals surface area contributed by atoms with E-state index in [1.807, 2.05) is 19.9 Å². The maximum absolute atomic E-state index is 5.17. The van der Waals surface area contributed by atoms with Gasteiger partial charge in [0.2, 0.25) is 0 Å². The van der Waals surface area contributed by atoms with Gasteiger partial charge in [0, 0.05) is 14.2 Å². The molecule has 0 aliphatic carbocycles. The minimum atomic E-state index is 0.366. The van der Waals surface area contributed by atoms with E-state index in [1.54, 1.807) is 14.2 Å². The van der Waals surface area contributed by atoms with Crippen molar-refractivity contribution in [3.05, 3.63) is 35.9 Å². The molecule has 1 aromatic rings. The molecule has 0 saturated heterocycles. The largest absolute Gasteiger partial charge is 0.382 e. The molecule has 17 heavy (non-hydrogen) atoms. The van der Waals surface area contributed by atoms with Crippen molar-refractivity contribution >= 4 is 0 Å². The second-order valence-electron chi connectivity index (χ2n) is 4.36. The highest BCUT2D eigenvalue weighted by molar-refractivity contribution is 5.14. The van der Waals surface area contributed by atoms with Crippen LogP contribution < -0.4 is 0 Å². The van der Waals surface area contributed by atoms with E-state index in [9.17, 15) is 0 Å². The molecule has 2 heteroatoms. The summed E-state index contributed by atoms with van der Waals surface area (Å²) < 4.78 is 9.92. The van der Waals surface area contributed by atoms with Crippen LogP contribution in [-0.4, -0.2) is 26.4 Å². The molecule has 1 unspecified atom stereocenters. The predicted octanol–water partition coefficient (Wildman–Crippen LogP) is 3.70. The maximum Gasteiger partial charge on any atom is 0.0546 e. The molecular weight excluding hydrogens is 212 g/mol. The molecule has 1 atom stereocenters. The molecule has 0 aliphatic heterocycles. The van der Waals surface area contributed by atoms with E-state index in [4.69, 9.17) is 9.47 Å². The number of hydrogen-bond donors (Lipinski definition) is 0. The van der Waals surface area contributed by atoms with Crippen LogP contribution in [0.2, 0.25) is 0 Å². The number of aryl methyl sites for hydroxylation is 1. The van der Waals surface area contributed by atoms with Crippen molar-refractivity contribution in [3.63, 3.8) is 0 Å². The third-order valence-corrected chi connectivity index (χ3v) is 2.56. The number of ether oxygens (including phenoxy) is 2. The second-order valence-corrected chi connectivity index (χ2v) is 4.36. The average Bonchev–Trinajstić information content (AvgIpc) is 2.37. The van der Waals surface area contributed by atoms with Crippen LogP contribution in [0.15, 0.2) is 30.3 Å². The molecule has 1 rings (SSSR count). The van der Waals surface area contributed by atoms with Crippen molar-refractivity contribution in [2.45, 2.75) is 45.8 Å². The summed E-state index contributed by atoms with van der Waals surface area (Å²) >= 11 is 0. The summed E-state index contributed by atoms with van der Waals surface area (Å²) in [6, 6.07) is 10.5. The van der Waals surface area contributed by atoms with Gasteiger partial charge in [-0.2, -0.15) is 0 Å². The van der Waals surface area contributed by atoms with Gasteiger partial charge in [-0.3, -0.25) is 0 Å². The van der Waals surface area contributed by atoms with E-state index >= 15 is 0 Å². The molecule has 0 amide bonds. The molecule has 0 heterocycles. The summed E-state index contributed by atoms with van der Waals surface area (Å²) in [6.45, 7) is 6.10. The van der Waals surface area contributed by atoms with Crippen molar-refractivity contribution in [2.75, 3.05) is 14.2 Å². The van der Waals surface area contributed by atoms with Gasteiger partial charge in [0.25, 0.3) is 0 Å². The summed E-state index contributed by atoms with van der Waals surface area (Å²) in [5.74, 6) is 0. The third kappa shape index (κ3) is 10.0. The van der Waals surface area contributed by atoms with Crippen LogP contribution in [-0.2, 0) is 15.9 Å². The van der Waals surface area contributed by atoms with Gasteiger partial charge in [-0.1, -0.05) is 30.3 Å². The van der Waals surface area contributed by atoms with Crippen LogP contribution in [0.25, 0.3) is 0 Å². The molecule has 0 N–H and O–H groups in total. The van der Waals surface area contributed by atoms with E-state index in [0.29, 0.717) is 12.2 Å². The molecule has 0 fully saturated rings. The van der Waals surface area contributed by atoms with Crippen molar-refractivity contribution < 1.29 is 9.47 Å². The lowest BCUT2D eigenvalue weighted by Crippen LogP contribution is -2.05. The van der Waals surface area contributed by atoms with Gasteiger partial charge in [-0.15, -0.1) is 0 Å². The smallest absolute Gasteiger partial charge is 0.0546 e. The van der Waals surface area contributed by atoms with E-state index in [1.165, 1.54) is 5.56 Å². The quantitative estimate of drug-likeness (QED) is 0.779. The highest BCUT2D eigenvalue weighted by atomic mass is 16.5. The zero-order valence-electron chi connectivity index (χ0n) is 11.8. The Morgan fingerprint density at radius 3 is 1.88 bits per heavy atom. The summed E-state index contributed by atoms with van der Waals surface area (Å²) in [4.78, 5) is 0. The fourth-order valence-corrected chi connectivity index (χ4v) is 1.13. The van der Waals surface area contributed by atoms with Crippen LogP contribution >= 0.6 is 0 Å². The Kier molecular flexibility index (Phi) is 9.78. The van der Waals surface area contributed by atoms with Gasteiger partial charge in [0.1, 0.15) is 0 Å². The first-order valence-electron chi connectivity index (χ1n) is 6.19. The maximum atomic E-state index is 5.17. The van der Waals surface area contributed by atoms with Gasteiger partial charge in [-0.25, -0.2) is 0 Å². The molecule has 0 saturated carbocycles. The Morgan fingerprint density at radius 1 is 0.941 bits per heavy atom. The Hall–Kier alpha value is -0.860. The lowest BCUT2D eigenvalue weighted by molar-refractivity contribution is 0.111. The lowest BCUT2D eigenvalue weighted by atomic mass is 10.1. The molecule has 0 aromatic heterocycles. The minimum Gasteiger partial charge on any atom is -0.382 e. The van der Waals surface area contributed by atoms with Crippen molar-refractivity contribution in [3.8, 4) is 0 Å². The summed E-state index contributed by atoms with van der Waals surface area (Å²) in [5, 5.41) is 0. The van der Waals surface area contributed by atoms with Gasteiger partial charge in [-0.05, 0) is 39.2 Å². The minimum absolute atomic E-state index is 0.366. The normalized spacial score (nSPS) is 11.9. The average molecular weight is 238 g/mol. The molecule has 2 nitrogen and oxygen atoms in total. The van der Waals surface area contributed by atoms with Crippen molar-refractivity contribution in [1.82, 2.24) is 0 Å². The predicted molar refractivity (Wildman–Crippen MR) is 73.4 cm³/mol. The van der Waals surface area contributed by atoms with Crippen molar-refractivity contribution in [2.24, 2.45) is 0 Å². The highest BCUT2D eigenvalue weighted by Gasteiger charge is 1.98.